The molecule has 0 radical (unpaired) electrons. The average molecular weight is 380 g/mol. The fourth-order valence-electron chi connectivity index (χ4n) is 3.27. The van der Waals surface area contributed by atoms with Gasteiger partial charge in [0.25, 0.3) is 5.91 Å². The molecule has 3 rings (SSSR count). The van der Waals surface area contributed by atoms with Crippen LogP contribution in [-0.4, -0.2) is 12.5 Å². The Morgan fingerprint density at radius 3 is 2.33 bits per heavy atom. The van der Waals surface area contributed by atoms with Crippen molar-refractivity contribution in [3.63, 3.8) is 0 Å². The number of hydrogen-bond acceptors (Lipinski definition) is 2. The van der Waals surface area contributed by atoms with Gasteiger partial charge in [0.2, 0.25) is 0 Å². The summed E-state index contributed by atoms with van der Waals surface area (Å²) in [4.78, 5) is 13.8. The monoisotopic (exact) mass is 379 g/mol. The minimum atomic E-state index is 0.0270. The first-order valence-electron chi connectivity index (χ1n) is 9.40. The minimum Gasteiger partial charge on any atom is -0.328 e. The summed E-state index contributed by atoms with van der Waals surface area (Å²) < 4.78 is 0. The largest absolute Gasteiger partial charge is 0.328 e. The number of carbonyl (C=O) groups is 1. The van der Waals surface area contributed by atoms with Gasteiger partial charge in [0.1, 0.15) is 6.04 Å². The van der Waals surface area contributed by atoms with Crippen LogP contribution in [0.25, 0.3) is 0 Å². The van der Waals surface area contributed by atoms with Crippen molar-refractivity contribution < 1.29 is 10.1 Å². The molecule has 0 saturated carbocycles. The first-order chi connectivity index (χ1) is 13.1. The van der Waals surface area contributed by atoms with Crippen LogP contribution in [0.5, 0.6) is 0 Å². The van der Waals surface area contributed by atoms with Gasteiger partial charge in [-0.1, -0.05) is 55.5 Å². The SMILES string of the molecule is CCc1ccc([C@@H]([NH2+]CC(=O)Nc2c(C)cccc2C)c2cccs2)cc1. The summed E-state index contributed by atoms with van der Waals surface area (Å²) in [6, 6.07) is 19.1. The molecule has 3 nitrogen and oxygen atoms in total. The third-order valence-corrected chi connectivity index (χ3v) is 5.84. The number of quaternary nitrogens is 1. The molecule has 0 spiro atoms. The second-order valence-corrected chi connectivity index (χ2v) is 7.82. The number of nitrogens with one attached hydrogen (secondary N) is 1. The molecular formula is C23H27N2OS+. The highest BCUT2D eigenvalue weighted by molar-refractivity contribution is 7.10. The lowest BCUT2D eigenvalue weighted by Crippen LogP contribution is -2.87. The molecule has 3 aromatic rings. The molecule has 3 N–H and O–H groups in total. The summed E-state index contributed by atoms with van der Waals surface area (Å²) in [5.74, 6) is 0.0270. The zero-order chi connectivity index (χ0) is 19.2. The van der Waals surface area contributed by atoms with Gasteiger partial charge in [0, 0.05) is 11.3 Å². The van der Waals surface area contributed by atoms with Crippen LogP contribution in [-0.2, 0) is 11.2 Å². The third kappa shape index (κ3) is 4.85. The molecule has 0 aliphatic rings. The van der Waals surface area contributed by atoms with E-state index in [0.29, 0.717) is 6.54 Å². The number of para-hydroxylation sites is 1. The highest BCUT2D eigenvalue weighted by Crippen LogP contribution is 2.23. The predicted molar refractivity (Wildman–Crippen MR) is 113 cm³/mol. The van der Waals surface area contributed by atoms with Crippen LogP contribution in [0, 0.1) is 13.8 Å². The maximum atomic E-state index is 12.6. The van der Waals surface area contributed by atoms with E-state index in [4.69, 9.17) is 0 Å². The Balaban J connectivity index is 1.72. The Bertz CT molecular complexity index is 865. The topological polar surface area (TPSA) is 45.7 Å². The van der Waals surface area contributed by atoms with E-state index in [1.807, 2.05) is 32.0 Å². The Labute approximate surface area is 165 Å². The number of aryl methyl sites for hydroxylation is 3. The van der Waals surface area contributed by atoms with Crippen molar-refractivity contribution in [1.82, 2.24) is 0 Å². The van der Waals surface area contributed by atoms with E-state index < -0.39 is 0 Å². The first-order valence-corrected chi connectivity index (χ1v) is 10.3. The first kappa shape index (κ1) is 19.3. The molecule has 4 heteroatoms. The van der Waals surface area contributed by atoms with Crippen molar-refractivity contribution in [3.05, 3.63) is 87.1 Å². The van der Waals surface area contributed by atoms with Crippen LogP contribution < -0.4 is 10.6 Å². The van der Waals surface area contributed by atoms with E-state index in [2.05, 4.69) is 59.3 Å². The van der Waals surface area contributed by atoms with E-state index in [0.717, 1.165) is 23.2 Å². The van der Waals surface area contributed by atoms with Gasteiger partial charge in [0.05, 0.1) is 4.88 Å². The van der Waals surface area contributed by atoms with Gasteiger partial charge in [-0.25, -0.2) is 0 Å². The smallest absolute Gasteiger partial charge is 0.279 e. The number of amides is 1. The lowest BCUT2D eigenvalue weighted by atomic mass is 10.0. The van der Waals surface area contributed by atoms with Crippen molar-refractivity contribution in [2.45, 2.75) is 33.2 Å². The van der Waals surface area contributed by atoms with Crippen molar-refractivity contribution >= 4 is 22.9 Å². The highest BCUT2D eigenvalue weighted by Gasteiger charge is 2.20. The molecule has 140 valence electrons. The van der Waals surface area contributed by atoms with Crippen LogP contribution in [0.1, 0.15) is 40.1 Å². The summed E-state index contributed by atoms with van der Waals surface area (Å²) in [6.07, 6.45) is 1.03. The van der Waals surface area contributed by atoms with Crippen molar-refractivity contribution in [3.8, 4) is 0 Å². The van der Waals surface area contributed by atoms with Gasteiger partial charge in [-0.2, -0.15) is 0 Å². The molecule has 1 atom stereocenters. The normalized spacial score (nSPS) is 12.0. The second-order valence-electron chi connectivity index (χ2n) is 6.84. The second kappa shape index (κ2) is 8.98. The number of carbonyl (C=O) groups excluding carboxylic acids is 1. The summed E-state index contributed by atoms with van der Waals surface area (Å²) in [6.45, 7) is 6.59. The molecule has 0 fully saturated rings. The Morgan fingerprint density at radius 1 is 1.04 bits per heavy atom. The maximum Gasteiger partial charge on any atom is 0.279 e. The maximum absolute atomic E-state index is 12.6. The zero-order valence-electron chi connectivity index (χ0n) is 16.2. The molecular weight excluding hydrogens is 352 g/mol. The standard InChI is InChI=1S/C23H26N2OS/c1-4-18-10-12-19(13-11-18)23(20-9-6-14-27-20)24-15-21(26)25-22-16(2)7-5-8-17(22)3/h5-14,23-24H,4,15H2,1-3H3,(H,25,26)/p+1/t23-/m1/s1. The van der Waals surface area contributed by atoms with Gasteiger partial charge in [-0.05, 0) is 48.4 Å². The molecule has 1 aromatic heterocycles. The van der Waals surface area contributed by atoms with E-state index in [-0.39, 0.29) is 11.9 Å². The molecule has 0 bridgehead atoms. The lowest BCUT2D eigenvalue weighted by molar-refractivity contribution is -0.675. The van der Waals surface area contributed by atoms with Crippen LogP contribution in [0.2, 0.25) is 0 Å². The van der Waals surface area contributed by atoms with Gasteiger partial charge >= 0.3 is 0 Å². The summed E-state index contributed by atoms with van der Waals surface area (Å²) in [5.41, 5.74) is 5.67. The molecule has 27 heavy (non-hydrogen) atoms. The predicted octanol–water partition coefficient (Wildman–Crippen LogP) is 4.22. The number of thiophene rings is 1. The van der Waals surface area contributed by atoms with Crippen LogP contribution >= 0.6 is 11.3 Å². The zero-order valence-corrected chi connectivity index (χ0v) is 17.0. The van der Waals surface area contributed by atoms with E-state index in [1.54, 1.807) is 11.3 Å². The van der Waals surface area contributed by atoms with Crippen molar-refractivity contribution in [2.75, 3.05) is 11.9 Å². The molecule has 0 saturated heterocycles. The van der Waals surface area contributed by atoms with E-state index >= 15 is 0 Å². The highest BCUT2D eigenvalue weighted by atomic mass is 32.1. The average Bonchev–Trinajstić information content (AvgIpc) is 3.20. The number of anilines is 1. The molecule has 1 heterocycles. The number of hydrogen-bond donors (Lipinski definition) is 2. The number of benzene rings is 2. The fraction of sp³-hybridized carbons (Fsp3) is 0.261. The third-order valence-electron chi connectivity index (χ3n) is 4.88. The summed E-state index contributed by atoms with van der Waals surface area (Å²) in [7, 11) is 0. The van der Waals surface area contributed by atoms with Crippen molar-refractivity contribution in [1.29, 1.82) is 0 Å². The van der Waals surface area contributed by atoms with Crippen LogP contribution in [0.15, 0.2) is 60.0 Å². The summed E-state index contributed by atoms with van der Waals surface area (Å²) >= 11 is 1.73. The van der Waals surface area contributed by atoms with Gasteiger partial charge in [-0.3, -0.25) is 4.79 Å². The van der Waals surface area contributed by atoms with Crippen LogP contribution in [0.3, 0.4) is 0 Å². The number of rotatable bonds is 7. The Hall–Kier alpha value is -2.43. The van der Waals surface area contributed by atoms with Crippen molar-refractivity contribution in [2.24, 2.45) is 0 Å². The van der Waals surface area contributed by atoms with E-state index in [1.165, 1.54) is 16.0 Å². The molecule has 0 aliphatic heterocycles. The minimum absolute atomic E-state index is 0.0270. The molecule has 1 amide bonds. The van der Waals surface area contributed by atoms with Gasteiger partial charge < -0.3 is 10.6 Å². The number of nitrogens with two attached hydrogens (primary N) is 1. The Morgan fingerprint density at radius 2 is 1.74 bits per heavy atom. The molecule has 0 unspecified atom stereocenters. The summed E-state index contributed by atoms with van der Waals surface area (Å²) in [5, 5.41) is 7.29. The van der Waals surface area contributed by atoms with Gasteiger partial charge in [0.15, 0.2) is 6.54 Å². The fourth-order valence-corrected chi connectivity index (χ4v) is 4.12. The molecule has 2 aromatic carbocycles. The van der Waals surface area contributed by atoms with E-state index in [9.17, 15) is 4.79 Å². The lowest BCUT2D eigenvalue weighted by Gasteiger charge is -2.16. The molecule has 0 aliphatic carbocycles. The van der Waals surface area contributed by atoms with Crippen LogP contribution in [0.4, 0.5) is 5.69 Å². The van der Waals surface area contributed by atoms with Gasteiger partial charge in [-0.15, -0.1) is 11.3 Å². The Kier molecular flexibility index (Phi) is 6.43. The quantitative estimate of drug-likeness (QED) is 0.634.